The number of ether oxygens (including phenoxy) is 3. The minimum atomic E-state index is -2.19. The van der Waals surface area contributed by atoms with Crippen molar-refractivity contribution in [2.45, 2.75) is 93.1 Å². The van der Waals surface area contributed by atoms with Crippen LogP contribution in [-0.4, -0.2) is 58.5 Å². The third kappa shape index (κ3) is 11.5. The maximum atomic E-state index is 12.3. The van der Waals surface area contributed by atoms with E-state index in [1.165, 1.54) is 15.2 Å². The average molecular weight is 545 g/mol. The molecule has 4 nitrogen and oxygen atoms in total. The zero-order valence-corrected chi connectivity index (χ0v) is 24.9. The number of hydrogen-bond donors (Lipinski definition) is 0. The molecule has 0 aliphatic carbocycles. The first-order valence-corrected chi connectivity index (χ1v) is 25.2. The van der Waals surface area contributed by atoms with E-state index in [-0.39, 0.29) is 12.1 Å². The molecule has 1 fully saturated rings. The van der Waals surface area contributed by atoms with Gasteiger partial charge in [0.25, 0.3) is 0 Å². The Labute approximate surface area is 190 Å². The fourth-order valence-electron chi connectivity index (χ4n) is 3.40. The van der Waals surface area contributed by atoms with Crippen molar-refractivity contribution in [2.75, 3.05) is 20.0 Å². The van der Waals surface area contributed by atoms with Gasteiger partial charge in [-0.05, 0) is 6.04 Å². The fraction of sp³-hybridized carbons (Fsp3) is 0.792. The van der Waals surface area contributed by atoms with Gasteiger partial charge < -0.3 is 4.74 Å². The Balaban J connectivity index is 2.27. The van der Waals surface area contributed by atoms with Crippen molar-refractivity contribution in [2.24, 2.45) is 5.92 Å². The predicted molar refractivity (Wildman–Crippen MR) is 132 cm³/mol. The first-order valence-electron chi connectivity index (χ1n) is 11.5. The molecule has 0 aromatic rings. The number of rotatable bonds is 13. The summed E-state index contributed by atoms with van der Waals surface area (Å²) in [5, 5.41) is 0. The molecule has 0 aromatic carbocycles. The van der Waals surface area contributed by atoms with Crippen LogP contribution in [0.5, 0.6) is 0 Å². The van der Waals surface area contributed by atoms with Crippen LogP contribution < -0.4 is 0 Å². The zero-order valence-electron chi connectivity index (χ0n) is 21.0. The Kier molecular flexibility index (Phi) is 11.9. The molecule has 6 heteroatoms. The Morgan fingerprint density at radius 3 is 2.50 bits per heavy atom. The average Bonchev–Trinajstić information content (AvgIpc) is 2.95. The van der Waals surface area contributed by atoms with Crippen LogP contribution in [0.4, 0.5) is 0 Å². The summed E-state index contributed by atoms with van der Waals surface area (Å²) in [7, 11) is -1.02. The van der Waals surface area contributed by atoms with Crippen LogP contribution in [0.3, 0.4) is 0 Å². The molecule has 1 aliphatic heterocycles. The Morgan fingerprint density at radius 1 is 1.23 bits per heavy atom. The molecule has 0 bridgehead atoms. The van der Waals surface area contributed by atoms with Gasteiger partial charge in [-0.3, -0.25) is 0 Å². The molecule has 30 heavy (non-hydrogen) atoms. The van der Waals surface area contributed by atoms with Gasteiger partial charge in [-0.2, -0.15) is 0 Å². The predicted octanol–water partition coefficient (Wildman–Crippen LogP) is 6.58. The second-order valence-electron chi connectivity index (χ2n) is 11.2. The number of allylic oxidation sites excluding steroid dienone is 2. The monoisotopic (exact) mass is 546 g/mol. The molecular formula is C24H46O4SiSn. The van der Waals surface area contributed by atoms with E-state index >= 15 is 0 Å². The quantitative estimate of drug-likeness (QED) is 0.0656. The van der Waals surface area contributed by atoms with Gasteiger partial charge in [0.05, 0.1) is 0 Å². The van der Waals surface area contributed by atoms with E-state index in [0.29, 0.717) is 19.3 Å². The Hall–Kier alpha value is -0.114. The number of cyclic esters (lactones) is 1. The van der Waals surface area contributed by atoms with E-state index in [9.17, 15) is 4.79 Å². The molecule has 1 saturated heterocycles. The summed E-state index contributed by atoms with van der Waals surface area (Å²) < 4.78 is 18.2. The van der Waals surface area contributed by atoms with Gasteiger partial charge in [0.1, 0.15) is 6.79 Å². The Morgan fingerprint density at radius 2 is 1.90 bits per heavy atom. The molecule has 2 atom stereocenters. The third-order valence-electron chi connectivity index (χ3n) is 5.84. The maximum absolute atomic E-state index is 12.3. The standard InChI is InChI=1S/C21H37O4Si.3CH3.Sn/c1-7-19-14-20(25-21(19)22)13-17(2)9-8-10-18(3)15-24-16-23-11-12-26(4,5)6;;;;/h10,17,20H,8-9,11-16H2,1-6H3;3*1H3;/b18-10+,19-7?;;;;/t17-,20?;;;;/m0..../s1. The van der Waals surface area contributed by atoms with E-state index in [0.717, 1.165) is 37.9 Å². The van der Waals surface area contributed by atoms with E-state index in [1.807, 2.05) is 0 Å². The topological polar surface area (TPSA) is 44.8 Å². The minimum absolute atomic E-state index is 0.0590. The first kappa shape index (κ1) is 27.9. The van der Waals surface area contributed by atoms with Crippen molar-refractivity contribution >= 4 is 32.4 Å². The molecule has 0 N–H and O–H groups in total. The van der Waals surface area contributed by atoms with Gasteiger partial charge in [0.15, 0.2) is 0 Å². The molecule has 0 radical (unpaired) electrons. The summed E-state index contributed by atoms with van der Waals surface area (Å²) >= 11 is -2.19. The number of carbonyl (C=O) groups is 1. The molecule has 1 unspecified atom stereocenters. The molecular weight excluding hydrogens is 499 g/mol. The number of hydrogen-bond acceptors (Lipinski definition) is 4. The van der Waals surface area contributed by atoms with E-state index < -0.39 is 26.5 Å². The van der Waals surface area contributed by atoms with Gasteiger partial charge in [-0.1, -0.05) is 19.6 Å². The fourth-order valence-corrected chi connectivity index (χ4v) is 7.33. The van der Waals surface area contributed by atoms with Crippen LogP contribution in [0.25, 0.3) is 0 Å². The summed E-state index contributed by atoms with van der Waals surface area (Å²) in [6.07, 6.45) is 6.23. The molecule has 1 heterocycles. The molecule has 0 spiro atoms. The Bertz CT molecular complexity index is 614. The van der Waals surface area contributed by atoms with E-state index in [2.05, 4.69) is 61.3 Å². The van der Waals surface area contributed by atoms with Crippen LogP contribution >= 0.6 is 0 Å². The van der Waals surface area contributed by atoms with Gasteiger partial charge in [0.2, 0.25) is 0 Å². The van der Waals surface area contributed by atoms with Crippen LogP contribution in [0, 0.1) is 5.92 Å². The normalized spacial score (nSPS) is 21.0. The van der Waals surface area contributed by atoms with Gasteiger partial charge in [-0.25, -0.2) is 0 Å². The third-order valence-corrected chi connectivity index (χ3v) is 14.8. The summed E-state index contributed by atoms with van der Waals surface area (Å²) in [5.41, 5.74) is 2.23. The summed E-state index contributed by atoms with van der Waals surface area (Å²) in [6, 6.07) is 1.18. The summed E-state index contributed by atoms with van der Waals surface area (Å²) in [4.78, 5) is 19.4. The number of esters is 1. The molecule has 0 saturated carbocycles. The molecule has 0 aromatic heterocycles. The van der Waals surface area contributed by atoms with Crippen LogP contribution in [-0.2, 0) is 19.0 Å². The SMILES string of the molecule is C/C(=C\CC[C@H](C)CC1C/C(=[C](/C)[Sn]([CH3])([CH3])[CH3])C(=O)O1)COCOCC[Si](C)(C)C. The van der Waals surface area contributed by atoms with Gasteiger partial charge in [0, 0.05) is 14.7 Å². The molecule has 0 amide bonds. The number of carbonyl (C=O) groups excluding carboxylic acids is 1. The molecule has 174 valence electrons. The van der Waals surface area contributed by atoms with Crippen molar-refractivity contribution in [1.82, 2.24) is 0 Å². The van der Waals surface area contributed by atoms with Gasteiger partial charge >= 0.3 is 139 Å². The first-order chi connectivity index (χ1) is 13.8. The van der Waals surface area contributed by atoms with Crippen molar-refractivity contribution < 1.29 is 19.0 Å². The van der Waals surface area contributed by atoms with Crippen molar-refractivity contribution in [1.29, 1.82) is 0 Å². The van der Waals surface area contributed by atoms with Crippen molar-refractivity contribution in [3.05, 3.63) is 20.8 Å². The smallest absolute Gasteiger partial charge is 0.356 e. The van der Waals surface area contributed by atoms with Crippen LogP contribution in [0.15, 0.2) is 20.8 Å². The van der Waals surface area contributed by atoms with Gasteiger partial charge in [-0.15, -0.1) is 0 Å². The summed E-state index contributed by atoms with van der Waals surface area (Å²) in [6.45, 7) is 15.4. The van der Waals surface area contributed by atoms with Crippen molar-refractivity contribution in [3.63, 3.8) is 0 Å². The van der Waals surface area contributed by atoms with Crippen LogP contribution in [0.1, 0.15) is 46.5 Å². The zero-order chi connectivity index (χ0) is 22.9. The van der Waals surface area contributed by atoms with Crippen LogP contribution in [0.2, 0.25) is 40.5 Å². The minimum Gasteiger partial charge on any atom is -0.356 e. The van der Waals surface area contributed by atoms with Crippen molar-refractivity contribution in [3.8, 4) is 0 Å². The molecule has 1 aliphatic rings. The van der Waals surface area contributed by atoms with E-state index in [4.69, 9.17) is 14.2 Å². The second-order valence-corrected chi connectivity index (χ2v) is 31.8. The summed E-state index contributed by atoms with van der Waals surface area (Å²) in [5.74, 6) is 0.478. The van der Waals surface area contributed by atoms with E-state index in [1.54, 1.807) is 0 Å². The second kappa shape index (κ2) is 12.8. The molecule has 1 rings (SSSR count).